The Labute approximate surface area is 134 Å². The van der Waals surface area contributed by atoms with Crippen LogP contribution in [-0.4, -0.2) is 34.7 Å². The van der Waals surface area contributed by atoms with Crippen molar-refractivity contribution >= 4 is 57.9 Å². The van der Waals surface area contributed by atoms with Crippen molar-refractivity contribution in [3.05, 3.63) is 26.3 Å². The number of hydrogen-bond acceptors (Lipinski definition) is 6. The fourth-order valence-corrected chi connectivity index (χ4v) is 3.70. The summed E-state index contributed by atoms with van der Waals surface area (Å²) in [6.07, 6.45) is 1.60. The maximum Gasteiger partial charge on any atom is 0.329 e. The maximum absolute atomic E-state index is 12.3. The van der Waals surface area contributed by atoms with Crippen LogP contribution >= 0.6 is 34.7 Å². The number of nitrogens with zero attached hydrogens (tertiary/aromatic N) is 1. The summed E-state index contributed by atoms with van der Waals surface area (Å²) in [5, 5.41) is -0.477. The molecule has 21 heavy (non-hydrogen) atoms. The van der Waals surface area contributed by atoms with Gasteiger partial charge in [0.15, 0.2) is 0 Å². The van der Waals surface area contributed by atoms with E-state index in [2.05, 4.69) is 0 Å². The van der Waals surface area contributed by atoms with E-state index in [1.807, 2.05) is 0 Å². The van der Waals surface area contributed by atoms with E-state index in [-0.39, 0.29) is 11.5 Å². The third-order valence-corrected chi connectivity index (χ3v) is 4.77. The number of carbonyl (C=O) groups excluding carboxylic acids is 3. The van der Waals surface area contributed by atoms with Crippen LogP contribution in [0.15, 0.2) is 17.0 Å². The molecule has 1 aliphatic rings. The summed E-state index contributed by atoms with van der Waals surface area (Å²) in [6, 6.07) is 2.54. The van der Waals surface area contributed by atoms with Crippen molar-refractivity contribution in [2.24, 2.45) is 0 Å². The van der Waals surface area contributed by atoms with Gasteiger partial charge in [0.05, 0.1) is 15.8 Å². The summed E-state index contributed by atoms with van der Waals surface area (Å²) in [5.41, 5.74) is 0. The first-order valence-electron chi connectivity index (χ1n) is 6.13. The molecular weight excluding hydrogens is 334 g/mol. The molecule has 1 aliphatic heterocycles. The first-order chi connectivity index (χ1) is 9.93. The van der Waals surface area contributed by atoms with E-state index in [9.17, 15) is 14.4 Å². The Morgan fingerprint density at radius 1 is 1.48 bits per heavy atom. The Morgan fingerprint density at radius 2 is 2.19 bits per heavy atom. The van der Waals surface area contributed by atoms with Gasteiger partial charge in [0.25, 0.3) is 11.1 Å². The van der Waals surface area contributed by atoms with Gasteiger partial charge in [-0.2, -0.15) is 0 Å². The van der Waals surface area contributed by atoms with Crippen LogP contribution < -0.4 is 0 Å². The molecule has 1 atom stereocenters. The Morgan fingerprint density at radius 3 is 2.76 bits per heavy atom. The van der Waals surface area contributed by atoms with Gasteiger partial charge in [-0.05, 0) is 43.8 Å². The minimum atomic E-state index is -0.935. The van der Waals surface area contributed by atoms with Crippen molar-refractivity contribution in [3.8, 4) is 0 Å². The SMILES string of the molecule is CCOC(=O)C(C)N1C(=O)S/C(=C/c2ccc(Cl)s2)C1=O. The van der Waals surface area contributed by atoms with Crippen LogP contribution in [0, 0.1) is 0 Å². The molecule has 1 aromatic rings. The number of thiophene rings is 1. The maximum atomic E-state index is 12.3. The molecule has 5 nitrogen and oxygen atoms in total. The number of esters is 1. The molecule has 2 heterocycles. The summed E-state index contributed by atoms with van der Waals surface area (Å²) in [7, 11) is 0. The first kappa shape index (κ1) is 16.1. The van der Waals surface area contributed by atoms with Gasteiger partial charge in [-0.1, -0.05) is 11.6 Å². The van der Waals surface area contributed by atoms with Crippen molar-refractivity contribution < 1.29 is 19.1 Å². The number of halogens is 1. The summed E-state index contributed by atoms with van der Waals surface area (Å²) < 4.78 is 5.44. The summed E-state index contributed by atoms with van der Waals surface area (Å²) in [6.45, 7) is 3.33. The van der Waals surface area contributed by atoms with Crippen molar-refractivity contribution in [1.29, 1.82) is 0 Å². The largest absolute Gasteiger partial charge is 0.464 e. The number of imide groups is 1. The van der Waals surface area contributed by atoms with E-state index < -0.39 is 23.2 Å². The minimum absolute atomic E-state index is 0.197. The molecule has 1 fully saturated rings. The first-order valence-corrected chi connectivity index (χ1v) is 8.14. The lowest BCUT2D eigenvalue weighted by Crippen LogP contribution is -2.42. The highest BCUT2D eigenvalue weighted by Crippen LogP contribution is 2.35. The van der Waals surface area contributed by atoms with Crippen molar-refractivity contribution in [3.63, 3.8) is 0 Å². The van der Waals surface area contributed by atoms with Crippen LogP contribution in [0.4, 0.5) is 4.79 Å². The van der Waals surface area contributed by atoms with Gasteiger partial charge in [0.2, 0.25) is 0 Å². The molecule has 8 heteroatoms. The molecule has 1 unspecified atom stereocenters. The number of hydrogen-bond donors (Lipinski definition) is 0. The van der Waals surface area contributed by atoms with E-state index in [0.717, 1.165) is 21.5 Å². The highest BCUT2D eigenvalue weighted by atomic mass is 35.5. The van der Waals surface area contributed by atoms with Gasteiger partial charge in [0, 0.05) is 4.88 Å². The molecule has 1 saturated heterocycles. The van der Waals surface area contributed by atoms with Gasteiger partial charge in [-0.15, -0.1) is 11.3 Å². The molecule has 0 saturated carbocycles. The van der Waals surface area contributed by atoms with Crippen LogP contribution in [0.25, 0.3) is 6.08 Å². The Kier molecular flexibility index (Phi) is 5.08. The van der Waals surface area contributed by atoms with Crippen LogP contribution in [0.5, 0.6) is 0 Å². The van der Waals surface area contributed by atoms with E-state index in [4.69, 9.17) is 16.3 Å². The standard InChI is InChI=1S/C13H12ClNO4S2/c1-3-19-12(17)7(2)15-11(16)9(21-13(15)18)6-8-4-5-10(14)20-8/h4-7H,3H2,1-2H3/b9-6+. The van der Waals surface area contributed by atoms with Gasteiger partial charge in [-0.3, -0.25) is 14.5 Å². The van der Waals surface area contributed by atoms with Crippen LogP contribution in [0.3, 0.4) is 0 Å². The second kappa shape index (κ2) is 6.64. The third kappa shape index (κ3) is 3.48. The quantitative estimate of drug-likeness (QED) is 0.618. The van der Waals surface area contributed by atoms with Crippen molar-refractivity contribution in [2.75, 3.05) is 6.61 Å². The zero-order valence-electron chi connectivity index (χ0n) is 11.3. The Balaban J connectivity index is 2.20. The van der Waals surface area contributed by atoms with Crippen molar-refractivity contribution in [2.45, 2.75) is 19.9 Å². The van der Waals surface area contributed by atoms with E-state index in [1.54, 1.807) is 25.1 Å². The second-order valence-electron chi connectivity index (χ2n) is 4.12. The predicted molar refractivity (Wildman–Crippen MR) is 83.2 cm³/mol. The molecular formula is C13H12ClNO4S2. The Hall–Kier alpha value is -1.31. The molecule has 0 aromatic carbocycles. The molecule has 1 aromatic heterocycles. The van der Waals surface area contributed by atoms with E-state index in [0.29, 0.717) is 4.34 Å². The molecule has 2 amide bonds. The van der Waals surface area contributed by atoms with Gasteiger partial charge in [-0.25, -0.2) is 4.79 Å². The molecule has 0 bridgehead atoms. The fraction of sp³-hybridized carbons (Fsp3) is 0.308. The molecule has 0 N–H and O–H groups in total. The monoisotopic (exact) mass is 345 g/mol. The van der Waals surface area contributed by atoms with Crippen molar-refractivity contribution in [1.82, 2.24) is 4.90 Å². The highest BCUT2D eigenvalue weighted by Gasteiger charge is 2.41. The van der Waals surface area contributed by atoms with Crippen LogP contribution in [0.2, 0.25) is 4.34 Å². The predicted octanol–water partition coefficient (Wildman–Crippen LogP) is 3.39. The van der Waals surface area contributed by atoms with Gasteiger partial charge in [0.1, 0.15) is 6.04 Å². The topological polar surface area (TPSA) is 63.7 Å². The van der Waals surface area contributed by atoms with Gasteiger partial charge >= 0.3 is 5.97 Å². The number of thioether (sulfide) groups is 1. The Bertz CT molecular complexity index is 625. The molecule has 2 rings (SSSR count). The summed E-state index contributed by atoms with van der Waals surface area (Å²) in [4.78, 5) is 37.8. The smallest absolute Gasteiger partial charge is 0.329 e. The number of amides is 2. The average molecular weight is 346 g/mol. The van der Waals surface area contributed by atoms with E-state index in [1.165, 1.54) is 18.3 Å². The van der Waals surface area contributed by atoms with Crippen LogP contribution in [-0.2, 0) is 14.3 Å². The summed E-state index contributed by atoms with van der Waals surface area (Å²) in [5.74, 6) is -1.09. The van der Waals surface area contributed by atoms with E-state index >= 15 is 0 Å². The summed E-state index contributed by atoms with van der Waals surface area (Å²) >= 11 is 7.93. The average Bonchev–Trinajstić information content (AvgIpc) is 2.94. The number of carbonyl (C=O) groups is 3. The second-order valence-corrected chi connectivity index (χ2v) is 6.86. The lowest BCUT2D eigenvalue weighted by atomic mass is 10.3. The lowest BCUT2D eigenvalue weighted by Gasteiger charge is -2.19. The molecule has 0 spiro atoms. The normalized spacial score (nSPS) is 18.4. The minimum Gasteiger partial charge on any atom is -0.464 e. The highest BCUT2D eigenvalue weighted by molar-refractivity contribution is 8.18. The molecule has 112 valence electrons. The number of rotatable bonds is 4. The zero-order chi connectivity index (χ0) is 15.6. The third-order valence-electron chi connectivity index (χ3n) is 2.71. The van der Waals surface area contributed by atoms with Gasteiger partial charge < -0.3 is 4.74 Å². The number of ether oxygens (including phenoxy) is 1. The fourth-order valence-electron chi connectivity index (χ4n) is 1.72. The zero-order valence-corrected chi connectivity index (χ0v) is 13.7. The lowest BCUT2D eigenvalue weighted by molar-refractivity contribution is -0.150. The van der Waals surface area contributed by atoms with Crippen LogP contribution in [0.1, 0.15) is 18.7 Å². The molecule has 0 radical (unpaired) electrons. The molecule has 0 aliphatic carbocycles.